The molecule has 5 heteroatoms. The molecule has 0 atom stereocenters. The second-order valence-electron chi connectivity index (χ2n) is 9.32. The maximum absolute atomic E-state index is 5.89. The molecule has 35 heavy (non-hydrogen) atoms. The van der Waals surface area contributed by atoms with Gasteiger partial charge in [-0.15, -0.1) is 0 Å². The van der Waals surface area contributed by atoms with E-state index in [4.69, 9.17) is 14.2 Å². The number of aromatic nitrogens is 2. The summed E-state index contributed by atoms with van der Waals surface area (Å²) in [6.45, 7) is 7.62. The fourth-order valence-electron chi connectivity index (χ4n) is 3.90. The average molecular weight is 485 g/mol. The summed E-state index contributed by atoms with van der Waals surface area (Å²) < 4.78 is 17.3. The van der Waals surface area contributed by atoms with Crippen LogP contribution in [0, 0.1) is 0 Å². The number of hydrogen-bond donors (Lipinski definition) is 0. The molecule has 1 aromatic carbocycles. The van der Waals surface area contributed by atoms with E-state index in [9.17, 15) is 0 Å². The van der Waals surface area contributed by atoms with Crippen LogP contribution in [0.2, 0.25) is 0 Å². The predicted octanol–water partition coefficient (Wildman–Crippen LogP) is 8.42. The molecule has 1 heterocycles. The van der Waals surface area contributed by atoms with Gasteiger partial charge in [0.1, 0.15) is 5.75 Å². The molecule has 5 nitrogen and oxygen atoms in total. The van der Waals surface area contributed by atoms with E-state index in [0.717, 1.165) is 50.4 Å². The van der Waals surface area contributed by atoms with Crippen LogP contribution in [0.5, 0.6) is 11.5 Å². The maximum atomic E-state index is 5.89. The summed E-state index contributed by atoms with van der Waals surface area (Å²) in [5.74, 6) is 2.31. The van der Waals surface area contributed by atoms with Crippen molar-refractivity contribution in [3.05, 3.63) is 36.7 Å². The van der Waals surface area contributed by atoms with Gasteiger partial charge in [0.25, 0.3) is 0 Å². The molecule has 1 aromatic heterocycles. The highest BCUT2D eigenvalue weighted by atomic mass is 16.5. The molecule has 0 bridgehead atoms. The number of rotatable bonds is 22. The highest BCUT2D eigenvalue weighted by molar-refractivity contribution is 5.56. The number of unbranched alkanes of at least 4 members (excludes halogenated alkanes) is 11. The van der Waals surface area contributed by atoms with Crippen molar-refractivity contribution >= 4 is 0 Å². The molecule has 196 valence electrons. The van der Waals surface area contributed by atoms with E-state index in [1.807, 2.05) is 24.3 Å². The van der Waals surface area contributed by atoms with E-state index in [0.29, 0.717) is 18.2 Å². The molecule has 0 aliphatic carbocycles. The van der Waals surface area contributed by atoms with Crippen molar-refractivity contribution in [3.8, 4) is 22.9 Å². The molecule has 0 unspecified atom stereocenters. The van der Waals surface area contributed by atoms with Crippen molar-refractivity contribution in [1.82, 2.24) is 9.97 Å². The van der Waals surface area contributed by atoms with Gasteiger partial charge in [-0.3, -0.25) is 0 Å². The molecule has 0 saturated carbocycles. The SMILES string of the molecule is CCCCCCCCCCOc1ccc(-c2ncc(OCCCCOCCCCCC)cn2)cc1. The molecule has 0 fully saturated rings. The van der Waals surface area contributed by atoms with Crippen molar-refractivity contribution in [2.75, 3.05) is 26.4 Å². The fraction of sp³-hybridized carbons (Fsp3) is 0.667. The van der Waals surface area contributed by atoms with Crippen molar-refractivity contribution in [3.63, 3.8) is 0 Å². The van der Waals surface area contributed by atoms with Gasteiger partial charge < -0.3 is 14.2 Å². The van der Waals surface area contributed by atoms with Crippen LogP contribution >= 0.6 is 0 Å². The molecule has 0 aliphatic heterocycles. The van der Waals surface area contributed by atoms with E-state index in [1.165, 1.54) is 70.6 Å². The summed E-state index contributed by atoms with van der Waals surface area (Å²) in [5, 5.41) is 0. The largest absolute Gasteiger partial charge is 0.494 e. The topological polar surface area (TPSA) is 53.5 Å². The van der Waals surface area contributed by atoms with Crippen molar-refractivity contribution in [2.45, 2.75) is 104 Å². The van der Waals surface area contributed by atoms with Gasteiger partial charge in [0, 0.05) is 18.8 Å². The first-order chi connectivity index (χ1) is 17.3. The number of benzene rings is 1. The van der Waals surface area contributed by atoms with Crippen LogP contribution < -0.4 is 9.47 Å². The highest BCUT2D eigenvalue weighted by Crippen LogP contribution is 2.21. The van der Waals surface area contributed by atoms with Crippen LogP contribution in [0.15, 0.2) is 36.7 Å². The average Bonchev–Trinajstić information content (AvgIpc) is 2.89. The molecular weight excluding hydrogens is 436 g/mol. The van der Waals surface area contributed by atoms with Crippen LogP contribution in [-0.4, -0.2) is 36.4 Å². The molecule has 0 spiro atoms. The van der Waals surface area contributed by atoms with Gasteiger partial charge in [-0.05, 0) is 49.9 Å². The van der Waals surface area contributed by atoms with Gasteiger partial charge in [-0.1, -0.05) is 78.1 Å². The molecule has 0 N–H and O–H groups in total. The molecule has 2 aromatic rings. The standard InChI is InChI=1S/C30H48N2O3/c1-3-5-7-9-10-11-12-14-23-34-28-19-17-27(18-20-28)30-31-25-29(26-32-30)35-24-16-15-22-33-21-13-8-6-4-2/h17-20,25-26H,3-16,21-24H2,1-2H3. The quantitative estimate of drug-likeness (QED) is 0.157. The second-order valence-corrected chi connectivity index (χ2v) is 9.32. The van der Waals surface area contributed by atoms with Crippen LogP contribution in [0.25, 0.3) is 11.4 Å². The van der Waals surface area contributed by atoms with E-state index < -0.39 is 0 Å². The zero-order valence-electron chi connectivity index (χ0n) is 22.3. The molecule has 0 radical (unpaired) electrons. The molecular formula is C30H48N2O3. The van der Waals surface area contributed by atoms with Gasteiger partial charge in [-0.2, -0.15) is 0 Å². The third-order valence-corrected chi connectivity index (χ3v) is 6.10. The predicted molar refractivity (Wildman–Crippen MR) is 145 cm³/mol. The Labute approximate surface area is 214 Å². The Balaban J connectivity index is 1.55. The smallest absolute Gasteiger partial charge is 0.159 e. The number of hydrogen-bond acceptors (Lipinski definition) is 5. The lowest BCUT2D eigenvalue weighted by molar-refractivity contribution is 0.122. The lowest BCUT2D eigenvalue weighted by Gasteiger charge is -2.08. The summed E-state index contributed by atoms with van der Waals surface area (Å²) in [6.07, 6.45) is 21.0. The van der Waals surface area contributed by atoms with Crippen LogP contribution in [0.3, 0.4) is 0 Å². The van der Waals surface area contributed by atoms with E-state index in [2.05, 4.69) is 23.8 Å². The summed E-state index contributed by atoms with van der Waals surface area (Å²) in [4.78, 5) is 8.93. The van der Waals surface area contributed by atoms with E-state index >= 15 is 0 Å². The lowest BCUT2D eigenvalue weighted by atomic mass is 10.1. The second kappa shape index (κ2) is 20.1. The zero-order chi connectivity index (χ0) is 24.8. The number of nitrogens with zero attached hydrogens (tertiary/aromatic N) is 2. The first-order valence-corrected chi connectivity index (χ1v) is 14.1. The third-order valence-electron chi connectivity index (χ3n) is 6.10. The minimum atomic E-state index is 0.660. The minimum absolute atomic E-state index is 0.660. The Morgan fingerprint density at radius 3 is 1.60 bits per heavy atom. The number of ether oxygens (including phenoxy) is 3. The van der Waals surface area contributed by atoms with Gasteiger partial charge in [0.05, 0.1) is 25.6 Å². The summed E-state index contributed by atoms with van der Waals surface area (Å²) in [7, 11) is 0. The van der Waals surface area contributed by atoms with Gasteiger partial charge >= 0.3 is 0 Å². The van der Waals surface area contributed by atoms with Crippen LogP contribution in [-0.2, 0) is 4.74 Å². The Morgan fingerprint density at radius 2 is 0.971 bits per heavy atom. The van der Waals surface area contributed by atoms with Crippen molar-refractivity contribution in [1.29, 1.82) is 0 Å². The van der Waals surface area contributed by atoms with Crippen molar-refractivity contribution < 1.29 is 14.2 Å². The van der Waals surface area contributed by atoms with Gasteiger partial charge in [0.15, 0.2) is 11.6 Å². The Kier molecular flexibility index (Phi) is 16.7. The monoisotopic (exact) mass is 484 g/mol. The maximum Gasteiger partial charge on any atom is 0.159 e. The van der Waals surface area contributed by atoms with Gasteiger partial charge in [0.2, 0.25) is 0 Å². The Hall–Kier alpha value is -2.14. The van der Waals surface area contributed by atoms with Crippen molar-refractivity contribution in [2.24, 2.45) is 0 Å². The molecule has 0 saturated heterocycles. The van der Waals surface area contributed by atoms with E-state index in [1.54, 1.807) is 12.4 Å². The molecule has 0 amide bonds. The third kappa shape index (κ3) is 14.1. The van der Waals surface area contributed by atoms with E-state index in [-0.39, 0.29) is 0 Å². The Morgan fingerprint density at radius 1 is 0.514 bits per heavy atom. The molecule has 0 aliphatic rings. The van der Waals surface area contributed by atoms with Crippen LogP contribution in [0.1, 0.15) is 104 Å². The minimum Gasteiger partial charge on any atom is -0.494 e. The summed E-state index contributed by atoms with van der Waals surface area (Å²) in [5.41, 5.74) is 0.979. The summed E-state index contributed by atoms with van der Waals surface area (Å²) in [6, 6.07) is 8.03. The summed E-state index contributed by atoms with van der Waals surface area (Å²) >= 11 is 0. The highest BCUT2D eigenvalue weighted by Gasteiger charge is 2.04. The van der Waals surface area contributed by atoms with Gasteiger partial charge in [-0.25, -0.2) is 9.97 Å². The lowest BCUT2D eigenvalue weighted by Crippen LogP contribution is -2.02. The first kappa shape index (κ1) is 29.1. The zero-order valence-corrected chi connectivity index (χ0v) is 22.3. The Bertz CT molecular complexity index is 734. The molecule has 2 rings (SSSR count). The fourth-order valence-corrected chi connectivity index (χ4v) is 3.90. The first-order valence-electron chi connectivity index (χ1n) is 14.1. The van der Waals surface area contributed by atoms with Crippen LogP contribution in [0.4, 0.5) is 0 Å². The normalized spacial score (nSPS) is 11.0.